The predicted molar refractivity (Wildman–Crippen MR) is 82.1 cm³/mol. The van der Waals surface area contributed by atoms with Crippen molar-refractivity contribution < 1.29 is 13.3 Å². The fourth-order valence-electron chi connectivity index (χ4n) is 1.74. The van der Waals surface area contributed by atoms with Crippen molar-refractivity contribution in [3.05, 3.63) is 29.6 Å². The molecule has 1 aromatic carbocycles. The second kappa shape index (κ2) is 7.18. The van der Waals surface area contributed by atoms with E-state index in [1.165, 1.54) is 13.2 Å². The Morgan fingerprint density at radius 1 is 1.40 bits per heavy atom. The van der Waals surface area contributed by atoms with Gasteiger partial charge in [-0.3, -0.25) is 4.21 Å². The highest BCUT2D eigenvalue weighted by molar-refractivity contribution is 7.86. The lowest BCUT2D eigenvalue weighted by molar-refractivity contribution is 0.385. The smallest absolute Gasteiger partial charge is 0.165 e. The Hall–Kier alpha value is -0.940. The van der Waals surface area contributed by atoms with Crippen molar-refractivity contribution in [2.24, 2.45) is 0 Å². The van der Waals surface area contributed by atoms with Gasteiger partial charge in [0.1, 0.15) is 0 Å². The SMILES string of the molecule is COc1ccc([C@H](C)NCC[S@@](=O)C(C)(C)C)cc1F. The van der Waals surface area contributed by atoms with Crippen molar-refractivity contribution in [3.8, 4) is 5.75 Å². The zero-order valence-electron chi connectivity index (χ0n) is 12.8. The molecule has 0 amide bonds. The van der Waals surface area contributed by atoms with Crippen LogP contribution in [0.3, 0.4) is 0 Å². The van der Waals surface area contributed by atoms with Gasteiger partial charge >= 0.3 is 0 Å². The summed E-state index contributed by atoms with van der Waals surface area (Å²) in [7, 11) is 0.570. The van der Waals surface area contributed by atoms with Crippen molar-refractivity contribution in [2.45, 2.75) is 38.5 Å². The van der Waals surface area contributed by atoms with Gasteiger partial charge in [-0.15, -0.1) is 0 Å². The van der Waals surface area contributed by atoms with Gasteiger partial charge in [0.15, 0.2) is 11.6 Å². The molecule has 0 unspecified atom stereocenters. The van der Waals surface area contributed by atoms with Crippen molar-refractivity contribution >= 4 is 10.8 Å². The lowest BCUT2D eigenvalue weighted by Gasteiger charge is -2.19. The number of methoxy groups -OCH3 is 1. The Labute approximate surface area is 123 Å². The zero-order valence-corrected chi connectivity index (χ0v) is 13.6. The van der Waals surface area contributed by atoms with Gasteiger partial charge < -0.3 is 10.1 Å². The maximum Gasteiger partial charge on any atom is 0.165 e. The van der Waals surface area contributed by atoms with Crippen LogP contribution < -0.4 is 10.1 Å². The molecule has 0 saturated carbocycles. The third kappa shape index (κ3) is 4.87. The Morgan fingerprint density at radius 2 is 2.05 bits per heavy atom. The monoisotopic (exact) mass is 301 g/mol. The minimum Gasteiger partial charge on any atom is -0.494 e. The lowest BCUT2D eigenvalue weighted by atomic mass is 10.1. The number of halogens is 1. The molecule has 0 radical (unpaired) electrons. The molecule has 3 nitrogen and oxygen atoms in total. The summed E-state index contributed by atoms with van der Waals surface area (Å²) in [6.07, 6.45) is 0. The van der Waals surface area contributed by atoms with Gasteiger partial charge in [0.05, 0.1) is 7.11 Å². The summed E-state index contributed by atoms with van der Waals surface area (Å²) < 4.78 is 30.2. The molecular formula is C15H24FNO2S. The molecule has 2 atom stereocenters. The van der Waals surface area contributed by atoms with Crippen molar-refractivity contribution in [3.63, 3.8) is 0 Å². The molecule has 0 fully saturated rings. The Kier molecular flexibility index (Phi) is 6.14. The highest BCUT2D eigenvalue weighted by atomic mass is 32.2. The Bertz CT molecular complexity index is 471. The first-order valence-electron chi connectivity index (χ1n) is 6.71. The van der Waals surface area contributed by atoms with Crippen LogP contribution in [0.4, 0.5) is 4.39 Å². The molecule has 0 heterocycles. The number of hydrogen-bond donors (Lipinski definition) is 1. The van der Waals surface area contributed by atoms with E-state index in [-0.39, 0.29) is 22.4 Å². The molecule has 1 aromatic rings. The van der Waals surface area contributed by atoms with Crippen molar-refractivity contribution in [1.29, 1.82) is 0 Å². The van der Waals surface area contributed by atoms with E-state index in [1.807, 2.05) is 33.8 Å². The van der Waals surface area contributed by atoms with Crippen molar-refractivity contribution in [2.75, 3.05) is 19.4 Å². The van der Waals surface area contributed by atoms with E-state index < -0.39 is 10.8 Å². The maximum absolute atomic E-state index is 13.6. The van der Waals surface area contributed by atoms with E-state index >= 15 is 0 Å². The van der Waals surface area contributed by atoms with Gasteiger partial charge in [-0.1, -0.05) is 6.07 Å². The van der Waals surface area contributed by atoms with Crippen LogP contribution in [0.15, 0.2) is 18.2 Å². The van der Waals surface area contributed by atoms with Crippen LogP contribution in [0.5, 0.6) is 5.75 Å². The minimum absolute atomic E-state index is 0.00683. The number of rotatable bonds is 6. The van der Waals surface area contributed by atoms with Gasteiger partial charge in [-0.25, -0.2) is 4.39 Å². The Morgan fingerprint density at radius 3 is 2.55 bits per heavy atom. The fraction of sp³-hybridized carbons (Fsp3) is 0.600. The van der Waals surface area contributed by atoms with Crippen LogP contribution in [0.1, 0.15) is 39.3 Å². The summed E-state index contributed by atoms with van der Waals surface area (Å²) in [6, 6.07) is 4.93. The molecule has 0 bridgehead atoms. The van der Waals surface area contributed by atoms with Crippen LogP contribution in [0, 0.1) is 5.82 Å². The standard InChI is InChI=1S/C15H24FNO2S/c1-11(17-8-9-20(18)15(2,3)4)12-6-7-14(19-5)13(16)10-12/h6-7,10-11,17H,8-9H2,1-5H3/t11-,20+/m0/s1. The van der Waals surface area contributed by atoms with E-state index in [9.17, 15) is 8.60 Å². The predicted octanol–water partition coefficient (Wildman–Crippen LogP) is 3.03. The first kappa shape index (κ1) is 17.1. The first-order chi connectivity index (χ1) is 9.25. The third-order valence-electron chi connectivity index (χ3n) is 3.10. The first-order valence-corrected chi connectivity index (χ1v) is 8.03. The largest absolute Gasteiger partial charge is 0.494 e. The van der Waals surface area contributed by atoms with Gasteiger partial charge in [0.2, 0.25) is 0 Å². The molecule has 0 aromatic heterocycles. The quantitative estimate of drug-likeness (QED) is 0.877. The molecule has 114 valence electrons. The van der Waals surface area contributed by atoms with Gasteiger partial charge in [-0.2, -0.15) is 0 Å². The van der Waals surface area contributed by atoms with Gasteiger partial charge in [-0.05, 0) is 45.4 Å². The molecule has 0 aliphatic carbocycles. The molecule has 0 aliphatic heterocycles. The molecule has 20 heavy (non-hydrogen) atoms. The summed E-state index contributed by atoms with van der Waals surface area (Å²) in [5.41, 5.74) is 0.852. The molecular weight excluding hydrogens is 277 g/mol. The van der Waals surface area contributed by atoms with Crippen molar-refractivity contribution in [1.82, 2.24) is 5.32 Å². The zero-order chi connectivity index (χ0) is 15.3. The maximum atomic E-state index is 13.6. The number of benzene rings is 1. The summed E-state index contributed by atoms with van der Waals surface area (Å²) in [5, 5.41) is 3.27. The van der Waals surface area contributed by atoms with Gasteiger partial charge in [0.25, 0.3) is 0 Å². The number of nitrogens with one attached hydrogen (secondary N) is 1. The van der Waals surface area contributed by atoms with Crippen LogP contribution in [0.25, 0.3) is 0 Å². The average molecular weight is 301 g/mol. The second-order valence-electron chi connectivity index (χ2n) is 5.73. The lowest BCUT2D eigenvalue weighted by Crippen LogP contribution is -2.30. The van der Waals surface area contributed by atoms with Crippen LogP contribution in [-0.2, 0) is 10.8 Å². The van der Waals surface area contributed by atoms with E-state index in [2.05, 4.69) is 5.32 Å². The molecule has 1 N–H and O–H groups in total. The summed E-state index contributed by atoms with van der Waals surface area (Å²) in [5.74, 6) is 0.471. The van der Waals surface area contributed by atoms with Gasteiger partial charge in [0, 0.05) is 33.9 Å². The van der Waals surface area contributed by atoms with Crippen LogP contribution >= 0.6 is 0 Å². The minimum atomic E-state index is -0.876. The topological polar surface area (TPSA) is 38.3 Å². The van der Waals surface area contributed by atoms with E-state index in [0.29, 0.717) is 12.3 Å². The molecule has 0 aliphatic rings. The number of ether oxygens (including phenoxy) is 1. The van der Waals surface area contributed by atoms with E-state index in [4.69, 9.17) is 4.74 Å². The summed E-state index contributed by atoms with van der Waals surface area (Å²) >= 11 is 0. The highest BCUT2D eigenvalue weighted by Gasteiger charge is 2.19. The fourth-order valence-corrected chi connectivity index (χ4v) is 2.66. The Balaban J connectivity index is 2.53. The molecule has 0 saturated heterocycles. The average Bonchev–Trinajstić information content (AvgIpc) is 2.37. The molecule has 1 rings (SSSR count). The summed E-state index contributed by atoms with van der Waals surface area (Å²) in [4.78, 5) is 0. The molecule has 0 spiro atoms. The number of hydrogen-bond acceptors (Lipinski definition) is 3. The summed E-state index contributed by atoms with van der Waals surface area (Å²) in [6.45, 7) is 8.49. The van der Waals surface area contributed by atoms with Crippen LogP contribution in [0.2, 0.25) is 0 Å². The second-order valence-corrected chi connectivity index (χ2v) is 8.06. The highest BCUT2D eigenvalue weighted by Crippen LogP contribution is 2.21. The van der Waals surface area contributed by atoms with Crippen LogP contribution in [-0.4, -0.2) is 28.4 Å². The molecule has 5 heteroatoms. The normalized spacial score (nSPS) is 14.9. The van der Waals surface area contributed by atoms with E-state index in [1.54, 1.807) is 6.07 Å². The van der Waals surface area contributed by atoms with E-state index in [0.717, 1.165) is 5.56 Å². The third-order valence-corrected chi connectivity index (χ3v) is 5.04.